The summed E-state index contributed by atoms with van der Waals surface area (Å²) in [5, 5.41) is 80.3. The minimum absolute atomic E-state index is 0.382. The molecule has 11 heteroatoms. The van der Waals surface area contributed by atoms with Crippen molar-refractivity contribution in [1.29, 1.82) is 0 Å². The second kappa shape index (κ2) is 14.3. The van der Waals surface area contributed by atoms with E-state index in [0.717, 1.165) is 10.9 Å². The number of hydrogen-bond donors (Lipinski definition) is 8. The van der Waals surface area contributed by atoms with Crippen molar-refractivity contribution >= 4 is 7.28 Å². The van der Waals surface area contributed by atoms with Gasteiger partial charge in [0.05, 0.1) is 13.2 Å². The average molecular weight is 522 g/mol. The van der Waals surface area contributed by atoms with Crippen LogP contribution in [0.5, 0.6) is 0 Å². The monoisotopic (exact) mass is 522 g/mol. The van der Waals surface area contributed by atoms with Gasteiger partial charge in [0.15, 0.2) is 7.28 Å². The number of rotatable bonds is 10. The number of hydrogen-bond acceptors (Lipinski definition) is 10. The van der Waals surface area contributed by atoms with E-state index in [-0.39, 0.29) is 0 Å². The lowest BCUT2D eigenvalue weighted by Gasteiger charge is -2.40. The lowest BCUT2D eigenvalue weighted by molar-refractivity contribution is -0.219. The minimum Gasteiger partial charge on any atom is -0.394 e. The third kappa shape index (κ3) is 7.58. The van der Waals surface area contributed by atoms with Gasteiger partial charge in [-0.3, -0.25) is 0 Å². The van der Waals surface area contributed by atoms with E-state index < -0.39 is 74.3 Å². The van der Waals surface area contributed by atoms with Crippen LogP contribution in [0.4, 0.5) is 0 Å². The van der Waals surface area contributed by atoms with Crippen molar-refractivity contribution in [2.75, 3.05) is 13.2 Å². The third-order valence-electron chi connectivity index (χ3n) is 6.51. The highest BCUT2D eigenvalue weighted by molar-refractivity contribution is 6.54. The van der Waals surface area contributed by atoms with Crippen LogP contribution in [-0.2, 0) is 9.47 Å². The molecule has 0 saturated carbocycles. The maximum Gasteiger partial charge on any atom is 0.186 e. The van der Waals surface area contributed by atoms with Crippen molar-refractivity contribution in [3.05, 3.63) is 71.7 Å². The number of aliphatic hydroxyl groups is 8. The molecule has 10 nitrogen and oxygen atoms in total. The molecular weight excluding hydrogens is 483 g/mol. The van der Waals surface area contributed by atoms with E-state index in [0.29, 0.717) is 18.4 Å². The van der Waals surface area contributed by atoms with E-state index in [2.05, 4.69) is 13.2 Å². The van der Waals surface area contributed by atoms with Crippen molar-refractivity contribution in [3.8, 4) is 0 Å². The van der Waals surface area contributed by atoms with Crippen LogP contribution in [0.25, 0.3) is 0 Å². The summed E-state index contributed by atoms with van der Waals surface area (Å²) in [5.41, 5.74) is 2.58. The van der Waals surface area contributed by atoms with Gasteiger partial charge in [0, 0.05) is 0 Å². The van der Waals surface area contributed by atoms with Crippen LogP contribution in [-0.4, -0.2) is 122 Å². The molecule has 0 radical (unpaired) electrons. The highest BCUT2D eigenvalue weighted by Gasteiger charge is 2.45. The summed E-state index contributed by atoms with van der Waals surface area (Å²) >= 11 is 0. The number of aliphatic hydroxyl groups excluding tert-OH is 8. The molecule has 0 spiro atoms. The zero-order chi connectivity index (χ0) is 27.9. The zero-order valence-electron chi connectivity index (χ0n) is 21.2. The molecule has 206 valence electrons. The highest BCUT2D eigenvalue weighted by atomic mass is 16.6. The Kier molecular flexibility index (Phi) is 12.1. The van der Waals surface area contributed by atoms with Crippen LogP contribution >= 0.6 is 0 Å². The first kappa shape index (κ1) is 31.3. The van der Waals surface area contributed by atoms with Crippen molar-refractivity contribution in [2.45, 2.75) is 74.9 Å². The molecule has 0 amide bonds. The summed E-state index contributed by atoms with van der Waals surface area (Å²) in [6, 6.07) is 0. The molecule has 0 aromatic heterocycles. The molecule has 0 bridgehead atoms. The second-order valence-corrected chi connectivity index (χ2v) is 9.43. The van der Waals surface area contributed by atoms with E-state index in [1.807, 2.05) is 6.92 Å². The Hall–Kier alpha value is -1.90. The van der Waals surface area contributed by atoms with Gasteiger partial charge < -0.3 is 50.3 Å². The molecule has 2 fully saturated rings. The molecule has 0 aromatic rings. The maximum atomic E-state index is 10.5. The predicted octanol–water partition coefficient (Wildman–Crippen LogP) is -1.86. The van der Waals surface area contributed by atoms with Crippen LogP contribution in [0, 0.1) is 0 Å². The first-order chi connectivity index (χ1) is 17.5. The van der Waals surface area contributed by atoms with Crippen LogP contribution in [0.2, 0.25) is 0 Å². The van der Waals surface area contributed by atoms with Crippen LogP contribution in [0.1, 0.15) is 13.8 Å². The Morgan fingerprint density at radius 1 is 0.703 bits per heavy atom. The fourth-order valence-electron chi connectivity index (χ4n) is 4.56. The average Bonchev–Trinajstić information content (AvgIpc) is 2.86. The Labute approximate surface area is 217 Å². The van der Waals surface area contributed by atoms with Crippen LogP contribution in [0.15, 0.2) is 71.7 Å². The fourth-order valence-corrected chi connectivity index (χ4v) is 4.56. The van der Waals surface area contributed by atoms with Gasteiger partial charge in [0.2, 0.25) is 0 Å². The summed E-state index contributed by atoms with van der Waals surface area (Å²) in [6.45, 7) is 9.87. The van der Waals surface area contributed by atoms with Gasteiger partial charge in [-0.2, -0.15) is 0 Å². The number of allylic oxidation sites excluding steroid dienone is 7. The van der Waals surface area contributed by atoms with Gasteiger partial charge in [-0.15, -0.1) is 5.47 Å². The van der Waals surface area contributed by atoms with Gasteiger partial charge in [0.1, 0.15) is 61.0 Å². The molecule has 2 saturated heterocycles. The molecule has 2 aliphatic rings. The van der Waals surface area contributed by atoms with Crippen molar-refractivity contribution in [1.82, 2.24) is 0 Å². The standard InChI is InChI=1S/C26H39BO10/c1-5-7-15(26-24(35)22(33)20(31)18(12-29)37-26)10-14(4)27-16(8-6-2)9-13(3)25-23(34)21(32)19(30)17(11-28)36-25/h5-10,17-35H,1-2,11-12H2,3-4H3/b13-9+,14-10+,15-7+,16-8+/t17-,18-,19-,20-,21+,22+,23+,24+,25-,26-/m1/s1. The molecule has 0 aromatic carbocycles. The Morgan fingerprint density at radius 3 is 1.68 bits per heavy atom. The number of ether oxygens (including phenoxy) is 2. The smallest absolute Gasteiger partial charge is 0.186 e. The van der Waals surface area contributed by atoms with Gasteiger partial charge in [0.25, 0.3) is 0 Å². The summed E-state index contributed by atoms with van der Waals surface area (Å²) in [4.78, 5) is 0. The third-order valence-corrected chi connectivity index (χ3v) is 6.51. The first-order valence-corrected chi connectivity index (χ1v) is 12.1. The van der Waals surface area contributed by atoms with Crippen molar-refractivity contribution < 1.29 is 50.3 Å². The van der Waals surface area contributed by atoms with E-state index >= 15 is 0 Å². The van der Waals surface area contributed by atoms with E-state index in [1.165, 1.54) is 6.08 Å². The SMILES string of the molecule is C=C/C=C(B/C(C)=C/C(=C\C=C)[C@H]1O[C@H](CO)[C@@H](O)[C@H](O)[C@@H]1O)\C=C(/C)[C@H]1O[C@H](CO)[C@@H](O)[C@H](O)[C@@H]1O. The molecule has 0 aliphatic carbocycles. The normalized spacial score (nSPS) is 38.3. The highest BCUT2D eigenvalue weighted by Crippen LogP contribution is 2.28. The summed E-state index contributed by atoms with van der Waals surface area (Å²) in [5.74, 6) is 0. The lowest BCUT2D eigenvalue weighted by Crippen LogP contribution is -2.58. The lowest BCUT2D eigenvalue weighted by atomic mass is 9.61. The fraction of sp³-hybridized carbons (Fsp3) is 0.538. The van der Waals surface area contributed by atoms with Crippen LogP contribution in [0.3, 0.4) is 0 Å². The Balaban J connectivity index is 2.29. The summed E-state index contributed by atoms with van der Waals surface area (Å²) in [6.07, 6.45) is -2.92. The molecule has 2 heterocycles. The van der Waals surface area contributed by atoms with E-state index in [9.17, 15) is 40.9 Å². The molecule has 10 atom stereocenters. The van der Waals surface area contributed by atoms with Gasteiger partial charge in [-0.1, -0.05) is 62.0 Å². The molecule has 2 aliphatic heterocycles. The van der Waals surface area contributed by atoms with Crippen LogP contribution < -0.4 is 0 Å². The quantitative estimate of drug-likeness (QED) is 0.120. The van der Waals surface area contributed by atoms with Gasteiger partial charge >= 0.3 is 0 Å². The van der Waals surface area contributed by atoms with Gasteiger partial charge in [-0.25, -0.2) is 0 Å². The van der Waals surface area contributed by atoms with E-state index in [1.54, 1.807) is 37.3 Å². The molecular formula is C26H39BO10. The summed E-state index contributed by atoms with van der Waals surface area (Å²) in [7, 11) is 0.382. The molecule has 2 rings (SSSR count). The maximum absolute atomic E-state index is 10.5. The molecule has 37 heavy (non-hydrogen) atoms. The Morgan fingerprint density at radius 2 is 1.19 bits per heavy atom. The molecule has 8 N–H and O–H groups in total. The first-order valence-electron chi connectivity index (χ1n) is 12.1. The minimum atomic E-state index is -1.52. The Bertz CT molecular complexity index is 909. The summed E-state index contributed by atoms with van der Waals surface area (Å²) < 4.78 is 11.3. The second-order valence-electron chi connectivity index (χ2n) is 9.43. The predicted molar refractivity (Wildman–Crippen MR) is 139 cm³/mol. The zero-order valence-corrected chi connectivity index (χ0v) is 21.2. The largest absolute Gasteiger partial charge is 0.394 e. The van der Waals surface area contributed by atoms with Gasteiger partial charge in [-0.05, 0) is 18.1 Å². The van der Waals surface area contributed by atoms with Crippen molar-refractivity contribution in [2.24, 2.45) is 0 Å². The topological polar surface area (TPSA) is 180 Å². The van der Waals surface area contributed by atoms with E-state index in [4.69, 9.17) is 9.47 Å². The van der Waals surface area contributed by atoms with Crippen molar-refractivity contribution in [3.63, 3.8) is 0 Å². The molecule has 0 unspecified atom stereocenters.